The van der Waals surface area contributed by atoms with Crippen LogP contribution in [-0.2, 0) is 4.74 Å². The Morgan fingerprint density at radius 1 is 0.685 bits per heavy atom. The topological polar surface area (TPSA) is 274 Å². The summed E-state index contributed by atoms with van der Waals surface area (Å²) in [7, 11) is 0. The Morgan fingerprint density at radius 3 is 1.64 bits per heavy atom. The Labute approximate surface area is 418 Å². The van der Waals surface area contributed by atoms with Crippen LogP contribution in [0.25, 0.3) is 54.3 Å². The average Bonchev–Trinajstić information content (AvgIpc) is 4.00. The van der Waals surface area contributed by atoms with E-state index < -0.39 is 5.60 Å². The van der Waals surface area contributed by atoms with Gasteiger partial charge in [0.2, 0.25) is 0 Å². The van der Waals surface area contributed by atoms with Crippen LogP contribution < -0.4 is 27.4 Å². The third kappa shape index (κ3) is 10.8. The number of nitrogens with two attached hydrogens (primary N) is 2. The van der Waals surface area contributed by atoms with Gasteiger partial charge in [0.05, 0.1) is 36.0 Å². The summed E-state index contributed by atoms with van der Waals surface area (Å²) >= 11 is 0. The summed E-state index contributed by atoms with van der Waals surface area (Å²) in [6.45, 7) is 22.6. The predicted molar refractivity (Wildman–Crippen MR) is 274 cm³/mol. The van der Waals surface area contributed by atoms with Crippen molar-refractivity contribution < 1.29 is 19.1 Å². The molecule has 8 heterocycles. The molecule has 2 aliphatic heterocycles. The fourth-order valence-electron chi connectivity index (χ4n) is 8.64. The number of rotatable bonds is 8. The van der Waals surface area contributed by atoms with Crippen LogP contribution in [0.3, 0.4) is 0 Å². The molecule has 0 saturated carbocycles. The quantitative estimate of drug-likeness (QED) is 0.0901. The maximum Gasteiger partial charge on any atom is 0.410 e. The number of benzene rings is 2. The van der Waals surface area contributed by atoms with E-state index in [9.17, 15) is 14.4 Å². The second-order valence-electron chi connectivity index (χ2n) is 18.3. The molecule has 10 rings (SSSR count). The molecule has 0 spiro atoms. The van der Waals surface area contributed by atoms with Crippen molar-refractivity contribution in [1.29, 1.82) is 0 Å². The van der Waals surface area contributed by atoms with Crippen molar-refractivity contribution in [3.05, 3.63) is 132 Å². The molecule has 2 fully saturated rings. The fraction of sp³-hybridized carbons (Fsp3) is 0.275. The van der Waals surface area contributed by atoms with Crippen LogP contribution in [0.5, 0.6) is 0 Å². The minimum Gasteiger partial charge on any atom is -0.444 e. The number of anilines is 4. The first kappa shape index (κ1) is 48.6. The van der Waals surface area contributed by atoms with E-state index in [1.807, 2.05) is 42.3 Å². The lowest BCUT2D eigenvalue weighted by molar-refractivity contribution is 0.0169. The summed E-state index contributed by atoms with van der Waals surface area (Å²) in [5, 5.41) is 19.9. The number of nitrogens with zero attached hydrogens (tertiary/aromatic N) is 13. The number of aromatic nitrogens is 10. The highest BCUT2D eigenvalue weighted by Gasteiger charge is 2.31. The standard InChI is InChI=1S/C28H29N9O3.C23H21N9O/c1-28(2,3)40-27(39)36-13-5-6-20(15-36)37-25-22(24(29)32-16-33-25)23(35-37)17-7-9-18(10-8-17)26(38)34-21-14-19(30-4)11-12-31-21;1-25-16-8-10-27-18(11-16)30-23(33)15-6-4-14(5-7-15)20-19-21(24)28-13-29-22(19)32(31-20)17-3-2-9-26-12-17/h7-12,14,16,20H,5-6,13,15H2,1-3H3,(H2,29,32,33)(H,31,34,38);4-8,10-11,13,17,26H,2-3,9,12H2,(H2,24,28,29)(H,27,30,33)/t20-;17-/m11/s1. The van der Waals surface area contributed by atoms with Gasteiger partial charge >= 0.3 is 6.09 Å². The van der Waals surface area contributed by atoms with Crippen LogP contribution in [0.1, 0.15) is 79.3 Å². The minimum absolute atomic E-state index is 0.129. The van der Waals surface area contributed by atoms with Crippen LogP contribution >= 0.6 is 0 Å². The summed E-state index contributed by atoms with van der Waals surface area (Å²) in [6.07, 6.45) is 9.14. The van der Waals surface area contributed by atoms with Gasteiger partial charge in [0.25, 0.3) is 11.8 Å². The lowest BCUT2D eigenvalue weighted by atomic mass is 10.1. The zero-order chi connectivity index (χ0) is 51.2. The van der Waals surface area contributed by atoms with Gasteiger partial charge in [0, 0.05) is 54.3 Å². The van der Waals surface area contributed by atoms with Crippen molar-refractivity contribution in [2.45, 2.75) is 64.1 Å². The molecule has 3 amide bonds. The molecule has 22 nitrogen and oxygen atoms in total. The number of hydrogen-bond acceptors (Lipinski definition) is 15. The number of ether oxygens (including phenoxy) is 1. The van der Waals surface area contributed by atoms with E-state index >= 15 is 0 Å². The van der Waals surface area contributed by atoms with E-state index in [1.165, 1.54) is 37.2 Å². The summed E-state index contributed by atoms with van der Waals surface area (Å²) in [5.74, 6) is 0.612. The summed E-state index contributed by atoms with van der Waals surface area (Å²) < 4.78 is 9.34. The number of carbonyl (C=O) groups is 3. The normalized spacial score (nSPS) is 15.6. The molecule has 0 radical (unpaired) electrons. The number of piperidine rings is 2. The Balaban J connectivity index is 0.000000183. The van der Waals surface area contributed by atoms with Crippen LogP contribution in [-0.4, -0.2) is 104 Å². The number of nitrogens with one attached hydrogen (secondary N) is 3. The molecule has 2 aliphatic rings. The fourth-order valence-corrected chi connectivity index (χ4v) is 8.64. The third-order valence-corrected chi connectivity index (χ3v) is 12.1. The lowest BCUT2D eigenvalue weighted by Gasteiger charge is -2.34. The van der Waals surface area contributed by atoms with Gasteiger partial charge in [-0.1, -0.05) is 24.3 Å². The van der Waals surface area contributed by atoms with Crippen molar-refractivity contribution in [3.63, 3.8) is 0 Å². The second-order valence-corrected chi connectivity index (χ2v) is 18.3. The monoisotopic (exact) mass is 978 g/mol. The maximum absolute atomic E-state index is 12.8. The summed E-state index contributed by atoms with van der Waals surface area (Å²) in [6, 6.07) is 20.3. The molecule has 0 bridgehead atoms. The summed E-state index contributed by atoms with van der Waals surface area (Å²) in [4.78, 5) is 72.0. The Hall–Kier alpha value is -9.41. The van der Waals surface area contributed by atoms with Crippen LogP contribution in [0.15, 0.2) is 97.8 Å². The van der Waals surface area contributed by atoms with Crippen molar-refractivity contribution >= 4 is 74.6 Å². The second kappa shape index (κ2) is 20.9. The number of hydrogen-bond donors (Lipinski definition) is 5. The molecule has 22 heteroatoms. The number of pyridine rings is 2. The molecule has 6 aromatic heterocycles. The van der Waals surface area contributed by atoms with E-state index in [4.69, 9.17) is 39.5 Å². The minimum atomic E-state index is -0.585. The summed E-state index contributed by atoms with van der Waals surface area (Å²) in [5.41, 5.74) is 17.7. The lowest BCUT2D eigenvalue weighted by Crippen LogP contribution is -2.43. The van der Waals surface area contributed by atoms with Gasteiger partial charge in [-0.3, -0.25) is 9.59 Å². The molecular weight excluding hydrogens is 929 g/mol. The van der Waals surface area contributed by atoms with E-state index in [-0.39, 0.29) is 30.0 Å². The molecule has 2 saturated heterocycles. The van der Waals surface area contributed by atoms with Crippen LogP contribution in [0.4, 0.5) is 39.4 Å². The van der Waals surface area contributed by atoms with Crippen LogP contribution in [0.2, 0.25) is 0 Å². The van der Waals surface area contributed by atoms with E-state index in [0.29, 0.717) is 92.3 Å². The molecule has 2 aromatic carbocycles. The molecule has 0 unspecified atom stereocenters. The Bertz CT molecular complexity index is 3440. The van der Waals surface area contributed by atoms with E-state index in [0.717, 1.165) is 49.9 Å². The highest BCUT2D eigenvalue weighted by Crippen LogP contribution is 2.36. The largest absolute Gasteiger partial charge is 0.444 e. The molecular formula is C51H50N18O4. The SMILES string of the molecule is [C-]#[N+]c1ccnc(NC(=O)c2ccc(-c3nn([C@@H]4CCCN(C(=O)OC(C)(C)C)C4)c4ncnc(N)c34)cc2)c1.[C-]#[N+]c1ccnc(NC(=O)c2ccc(-c3nn([C@@H]4CCCNC4)c4ncnc(N)c34)cc2)c1. The van der Waals surface area contributed by atoms with Crippen molar-refractivity contribution in [2.24, 2.45) is 0 Å². The number of nitrogen functional groups attached to an aromatic ring is 2. The zero-order valence-corrected chi connectivity index (χ0v) is 40.2. The third-order valence-electron chi connectivity index (χ3n) is 12.1. The number of carbonyl (C=O) groups excluding carboxylic acids is 3. The van der Waals surface area contributed by atoms with Gasteiger partial charge in [-0.25, -0.2) is 53.8 Å². The first-order valence-electron chi connectivity index (χ1n) is 23.4. The Kier molecular flexibility index (Phi) is 13.9. The van der Waals surface area contributed by atoms with Crippen molar-refractivity contribution in [3.8, 4) is 22.5 Å². The van der Waals surface area contributed by atoms with Gasteiger partial charge in [0.15, 0.2) is 22.7 Å². The smallest absolute Gasteiger partial charge is 0.410 e. The molecule has 2 atom stereocenters. The molecule has 8 aromatic rings. The molecule has 73 heavy (non-hydrogen) atoms. The van der Waals surface area contributed by atoms with Gasteiger partial charge in [-0.2, -0.15) is 10.2 Å². The molecule has 368 valence electrons. The van der Waals surface area contributed by atoms with Gasteiger partial charge in [-0.05, 0) is 102 Å². The number of fused-ring (bicyclic) bond motifs is 2. The van der Waals surface area contributed by atoms with E-state index in [2.05, 4.69) is 55.5 Å². The highest BCUT2D eigenvalue weighted by molar-refractivity contribution is 6.06. The zero-order valence-electron chi connectivity index (χ0n) is 40.2. The number of amides is 3. The molecule has 0 aliphatic carbocycles. The first-order valence-corrected chi connectivity index (χ1v) is 23.4. The average molecular weight is 979 g/mol. The predicted octanol–water partition coefficient (Wildman–Crippen LogP) is 8.04. The Morgan fingerprint density at radius 2 is 1.18 bits per heavy atom. The van der Waals surface area contributed by atoms with Crippen molar-refractivity contribution in [2.75, 3.05) is 48.3 Å². The molecule has 7 N–H and O–H groups in total. The van der Waals surface area contributed by atoms with E-state index in [1.54, 1.807) is 53.4 Å². The highest BCUT2D eigenvalue weighted by atomic mass is 16.6. The van der Waals surface area contributed by atoms with Crippen LogP contribution in [0, 0.1) is 13.1 Å². The van der Waals surface area contributed by atoms with Gasteiger partial charge in [0.1, 0.15) is 52.9 Å². The number of likely N-dealkylation sites (tertiary alicyclic amines) is 1. The van der Waals surface area contributed by atoms with Crippen molar-refractivity contribution in [1.82, 2.24) is 59.7 Å². The maximum atomic E-state index is 12.8. The van der Waals surface area contributed by atoms with Gasteiger partial charge in [-0.15, -0.1) is 0 Å². The first-order chi connectivity index (χ1) is 35.3. The van der Waals surface area contributed by atoms with Gasteiger partial charge < -0.3 is 37.1 Å².